The van der Waals surface area contributed by atoms with Crippen LogP contribution in [0.15, 0.2) is 68.5 Å². The van der Waals surface area contributed by atoms with Gasteiger partial charge >= 0.3 is 5.97 Å². The third-order valence-electron chi connectivity index (χ3n) is 6.42. The summed E-state index contributed by atoms with van der Waals surface area (Å²) in [6.07, 6.45) is 0.194. The molecule has 4 heterocycles. The maximum Gasteiger partial charge on any atom is 0.338 e. The Labute approximate surface area is 211 Å². The van der Waals surface area contributed by atoms with Crippen LogP contribution < -0.4 is 4.90 Å². The number of ether oxygens (including phenoxy) is 1. The van der Waals surface area contributed by atoms with Crippen LogP contribution in [-0.2, 0) is 14.3 Å². The van der Waals surface area contributed by atoms with Gasteiger partial charge in [0.1, 0.15) is 5.82 Å². The average molecular weight is 513 g/mol. The first-order valence-corrected chi connectivity index (χ1v) is 13.1. The predicted molar refractivity (Wildman–Crippen MR) is 137 cm³/mol. The lowest BCUT2D eigenvalue weighted by atomic mass is 9.96. The third-order valence-corrected chi connectivity index (χ3v) is 8.01. The molecule has 0 saturated carbocycles. The first-order chi connectivity index (χ1) is 17.0. The molecule has 0 radical (unpaired) electrons. The summed E-state index contributed by atoms with van der Waals surface area (Å²) in [5, 5.41) is 6.67. The quantitative estimate of drug-likeness (QED) is 0.555. The van der Waals surface area contributed by atoms with E-state index in [9.17, 15) is 14.0 Å². The van der Waals surface area contributed by atoms with Gasteiger partial charge in [-0.25, -0.2) is 14.2 Å². The van der Waals surface area contributed by atoms with Crippen molar-refractivity contribution in [3.63, 3.8) is 0 Å². The Morgan fingerprint density at radius 3 is 2.63 bits per heavy atom. The van der Waals surface area contributed by atoms with Crippen molar-refractivity contribution in [1.29, 1.82) is 0 Å². The topological polar surface area (TPSA) is 65.5 Å². The summed E-state index contributed by atoms with van der Waals surface area (Å²) >= 11 is 3.01. The fourth-order valence-electron chi connectivity index (χ4n) is 4.66. The van der Waals surface area contributed by atoms with E-state index >= 15 is 0 Å². The van der Waals surface area contributed by atoms with E-state index in [1.165, 1.54) is 24.9 Å². The molecule has 0 unspecified atom stereocenters. The number of halogens is 1. The fourth-order valence-corrected chi connectivity index (χ4v) is 6.30. The van der Waals surface area contributed by atoms with E-state index in [0.29, 0.717) is 43.1 Å². The van der Waals surface area contributed by atoms with Crippen LogP contribution in [0, 0.1) is 5.82 Å². The van der Waals surface area contributed by atoms with Crippen molar-refractivity contribution < 1.29 is 18.7 Å². The number of para-hydroxylation sites is 1. The first-order valence-electron chi connectivity index (χ1n) is 11.3. The molecule has 1 saturated heterocycles. The zero-order valence-corrected chi connectivity index (χ0v) is 21.1. The van der Waals surface area contributed by atoms with Gasteiger partial charge in [0, 0.05) is 31.9 Å². The van der Waals surface area contributed by atoms with Gasteiger partial charge in [0.05, 0.1) is 36.5 Å². The highest BCUT2D eigenvalue weighted by Gasteiger charge is 2.41. The smallest absolute Gasteiger partial charge is 0.338 e. The molecule has 10 heteroatoms. The van der Waals surface area contributed by atoms with Crippen LogP contribution >= 0.6 is 23.1 Å². The summed E-state index contributed by atoms with van der Waals surface area (Å²) in [5.41, 5.74) is 3.44. The number of carbonyl (C=O) groups is 2. The fraction of sp³-hybridized carbons (Fsp3) is 0.320. The Kier molecular flexibility index (Phi) is 6.66. The summed E-state index contributed by atoms with van der Waals surface area (Å²) in [5.74, 6) is -0.670. The standard InChI is InChI=1S/C25H25FN4O3S2/c1-16-22(24(32)33-2)23(17-7-12-34-14-17)30-18(15-35-25(30)27-16)13-21(31)29-10-8-28(9-11-29)20-6-4-3-5-19(20)26/h3-7,12,14-15,23H,8-11,13H2,1-2H3/t23-/m1/s1. The van der Waals surface area contributed by atoms with Crippen LogP contribution in [-0.4, -0.2) is 60.1 Å². The highest BCUT2D eigenvalue weighted by molar-refractivity contribution is 8.16. The van der Waals surface area contributed by atoms with Crippen molar-refractivity contribution in [2.75, 3.05) is 38.2 Å². The number of thiophene rings is 1. The number of allylic oxidation sites excluding steroid dienone is 1. The van der Waals surface area contributed by atoms with Gasteiger partial charge in [-0.15, -0.1) is 0 Å². The number of anilines is 1. The van der Waals surface area contributed by atoms with Crippen LogP contribution in [0.1, 0.15) is 24.9 Å². The number of hydrogen-bond donors (Lipinski definition) is 0. The molecule has 0 N–H and O–H groups in total. The number of rotatable bonds is 5. The number of esters is 1. The molecule has 1 fully saturated rings. The van der Waals surface area contributed by atoms with Crippen molar-refractivity contribution in [1.82, 2.24) is 9.80 Å². The molecular formula is C25H25FN4O3S2. The number of methoxy groups -OCH3 is 1. The normalized spacial score (nSPS) is 20.0. The van der Waals surface area contributed by atoms with Crippen molar-refractivity contribution in [2.45, 2.75) is 19.4 Å². The Morgan fingerprint density at radius 2 is 1.94 bits per heavy atom. The lowest BCUT2D eigenvalue weighted by Crippen LogP contribution is -2.49. The molecule has 2 aromatic rings. The second-order valence-electron chi connectivity index (χ2n) is 8.44. The maximum absolute atomic E-state index is 14.2. The minimum Gasteiger partial charge on any atom is -0.466 e. The van der Waals surface area contributed by atoms with Gasteiger partial charge in [0.25, 0.3) is 0 Å². The zero-order valence-electron chi connectivity index (χ0n) is 19.4. The van der Waals surface area contributed by atoms with Crippen LogP contribution in [0.2, 0.25) is 0 Å². The van der Waals surface area contributed by atoms with E-state index < -0.39 is 12.0 Å². The summed E-state index contributed by atoms with van der Waals surface area (Å²) in [7, 11) is 1.37. The number of carbonyl (C=O) groups excluding carboxylic acids is 2. The van der Waals surface area contributed by atoms with Crippen LogP contribution in [0.4, 0.5) is 10.1 Å². The molecular weight excluding hydrogens is 487 g/mol. The van der Waals surface area contributed by atoms with Gasteiger partial charge in [0.2, 0.25) is 5.91 Å². The number of aliphatic imine (C=N–C) groups is 1. The number of thioether (sulfide) groups is 1. The number of amidine groups is 1. The number of piperazine rings is 1. The van der Waals surface area contributed by atoms with E-state index in [4.69, 9.17) is 4.74 Å². The monoisotopic (exact) mass is 512 g/mol. The maximum atomic E-state index is 14.2. The number of nitrogens with zero attached hydrogens (tertiary/aromatic N) is 4. The van der Waals surface area contributed by atoms with Gasteiger partial charge in [-0.3, -0.25) is 4.79 Å². The van der Waals surface area contributed by atoms with Crippen molar-refractivity contribution >= 4 is 45.8 Å². The molecule has 3 aliphatic heterocycles. The van der Waals surface area contributed by atoms with Gasteiger partial charge in [-0.2, -0.15) is 11.3 Å². The molecule has 0 aliphatic carbocycles. The second-order valence-corrected chi connectivity index (χ2v) is 10.1. The molecule has 0 spiro atoms. The molecule has 1 aromatic carbocycles. The molecule has 3 aliphatic rings. The lowest BCUT2D eigenvalue weighted by Gasteiger charge is -2.38. The van der Waals surface area contributed by atoms with Crippen molar-refractivity contribution in [3.05, 3.63) is 74.8 Å². The van der Waals surface area contributed by atoms with E-state index in [-0.39, 0.29) is 18.1 Å². The summed E-state index contributed by atoms with van der Waals surface area (Å²) < 4.78 is 19.2. The third kappa shape index (κ3) is 4.48. The van der Waals surface area contributed by atoms with Gasteiger partial charge < -0.3 is 19.4 Å². The Balaban J connectivity index is 1.32. The van der Waals surface area contributed by atoms with Crippen LogP contribution in [0.25, 0.3) is 0 Å². The molecule has 1 atom stereocenters. The zero-order chi connectivity index (χ0) is 24.5. The molecule has 1 amide bonds. The number of hydrogen-bond acceptors (Lipinski definition) is 8. The number of benzene rings is 1. The Morgan fingerprint density at radius 1 is 1.17 bits per heavy atom. The summed E-state index contributed by atoms with van der Waals surface area (Å²) in [6.45, 7) is 4.00. The Hall–Kier alpha value is -3.11. The number of fused-ring (bicyclic) bond motifs is 1. The predicted octanol–water partition coefficient (Wildman–Crippen LogP) is 4.37. The van der Waals surface area contributed by atoms with E-state index in [1.54, 1.807) is 23.5 Å². The van der Waals surface area contributed by atoms with Crippen LogP contribution in [0.3, 0.4) is 0 Å². The van der Waals surface area contributed by atoms with Gasteiger partial charge in [-0.1, -0.05) is 23.9 Å². The molecule has 1 aromatic heterocycles. The molecule has 5 rings (SSSR count). The van der Waals surface area contributed by atoms with Crippen molar-refractivity contribution in [2.24, 2.45) is 4.99 Å². The van der Waals surface area contributed by atoms with Crippen molar-refractivity contribution in [3.8, 4) is 0 Å². The molecule has 7 nitrogen and oxygen atoms in total. The van der Waals surface area contributed by atoms with E-state index in [0.717, 1.165) is 16.4 Å². The second kappa shape index (κ2) is 9.87. The Bertz CT molecular complexity index is 1230. The SMILES string of the molecule is COC(=O)C1=C(C)N=C2SC=C(CC(=O)N3CCN(c4ccccc4F)CC3)N2[C@@H]1c1ccsc1. The minimum absolute atomic E-state index is 0.00115. The largest absolute Gasteiger partial charge is 0.466 e. The lowest BCUT2D eigenvalue weighted by molar-refractivity contribution is -0.136. The minimum atomic E-state index is -0.423. The van der Waals surface area contributed by atoms with Gasteiger partial charge in [0.15, 0.2) is 5.17 Å². The van der Waals surface area contributed by atoms with E-state index in [2.05, 4.69) is 4.99 Å². The van der Waals surface area contributed by atoms with Gasteiger partial charge in [-0.05, 0) is 46.9 Å². The molecule has 182 valence electrons. The van der Waals surface area contributed by atoms with Crippen LogP contribution in [0.5, 0.6) is 0 Å². The average Bonchev–Trinajstić information content (AvgIpc) is 3.54. The first kappa shape index (κ1) is 23.6. The summed E-state index contributed by atoms with van der Waals surface area (Å²) in [4.78, 5) is 36.4. The highest BCUT2D eigenvalue weighted by atomic mass is 32.2. The molecule has 35 heavy (non-hydrogen) atoms. The summed E-state index contributed by atoms with van der Waals surface area (Å²) in [6, 6.07) is 8.31. The highest BCUT2D eigenvalue weighted by Crippen LogP contribution is 2.45. The van der Waals surface area contributed by atoms with E-state index in [1.807, 2.05) is 49.9 Å². The number of amides is 1. The molecule has 0 bridgehead atoms.